The topological polar surface area (TPSA) is 60.2 Å². The van der Waals surface area contributed by atoms with Crippen LogP contribution >= 0.6 is 0 Å². The number of fused-ring (bicyclic) bond motifs is 1. The van der Waals surface area contributed by atoms with Crippen molar-refractivity contribution in [3.63, 3.8) is 0 Å². The summed E-state index contributed by atoms with van der Waals surface area (Å²) in [6.07, 6.45) is 5.48. The highest BCUT2D eigenvalue weighted by atomic mass is 16.1. The van der Waals surface area contributed by atoms with Crippen LogP contribution in [0.2, 0.25) is 0 Å². The second-order valence-electron chi connectivity index (χ2n) is 11.5. The Hall–Kier alpha value is -3.04. The highest BCUT2D eigenvalue weighted by Crippen LogP contribution is 2.42. The van der Waals surface area contributed by atoms with Gasteiger partial charge in [0.25, 0.3) is 0 Å². The Morgan fingerprint density at radius 2 is 1.22 bits per heavy atom. The first-order valence-corrected chi connectivity index (χ1v) is 13.9. The van der Waals surface area contributed by atoms with Gasteiger partial charge in [0.15, 0.2) is 5.78 Å². The summed E-state index contributed by atoms with van der Waals surface area (Å²) in [6, 6.07) is 25.4. The smallest absolute Gasteiger partial charge is 0.153 e. The van der Waals surface area contributed by atoms with E-state index in [1.165, 1.54) is 33.4 Å². The molecule has 1 fully saturated rings. The quantitative estimate of drug-likeness (QED) is 0.389. The minimum atomic E-state index is -0.683. The van der Waals surface area contributed by atoms with Gasteiger partial charge in [-0.05, 0) is 80.5 Å². The summed E-state index contributed by atoms with van der Waals surface area (Å²) >= 11 is 0. The van der Waals surface area contributed by atoms with Gasteiger partial charge in [-0.25, -0.2) is 0 Å². The average molecular weight is 494 g/mol. The van der Waals surface area contributed by atoms with E-state index in [0.717, 1.165) is 38.5 Å². The molecule has 192 valence electrons. The maximum atomic E-state index is 13.2. The SMILES string of the molecule is Cc1ccc(C(c2ccc(C)cc2)C2CCC(C(=O)C[C@H](N)C(=O)C3Cc4ccccc4C3)CC2)cc1. The summed E-state index contributed by atoms with van der Waals surface area (Å²) in [4.78, 5) is 26.3. The Balaban J connectivity index is 1.20. The van der Waals surface area contributed by atoms with E-state index in [-0.39, 0.29) is 29.8 Å². The molecule has 2 aliphatic carbocycles. The van der Waals surface area contributed by atoms with E-state index in [1.54, 1.807) is 0 Å². The molecule has 0 saturated heterocycles. The summed E-state index contributed by atoms with van der Waals surface area (Å²) < 4.78 is 0. The largest absolute Gasteiger partial charge is 0.321 e. The molecule has 0 bridgehead atoms. The van der Waals surface area contributed by atoms with Crippen LogP contribution in [0.15, 0.2) is 72.8 Å². The normalized spacial score (nSPS) is 20.5. The molecule has 3 aromatic carbocycles. The van der Waals surface area contributed by atoms with Gasteiger partial charge in [0.1, 0.15) is 5.78 Å². The molecule has 0 spiro atoms. The summed E-state index contributed by atoms with van der Waals surface area (Å²) in [5.74, 6) is 1.01. The van der Waals surface area contributed by atoms with E-state index in [2.05, 4.69) is 74.5 Å². The fourth-order valence-electron chi connectivity index (χ4n) is 6.61. The van der Waals surface area contributed by atoms with E-state index in [4.69, 9.17) is 5.73 Å². The van der Waals surface area contributed by atoms with Crippen molar-refractivity contribution in [1.82, 2.24) is 0 Å². The highest BCUT2D eigenvalue weighted by molar-refractivity contribution is 5.93. The monoisotopic (exact) mass is 493 g/mol. The van der Waals surface area contributed by atoms with Crippen molar-refractivity contribution in [2.75, 3.05) is 0 Å². The molecule has 3 heteroatoms. The lowest BCUT2D eigenvalue weighted by Gasteiger charge is -2.34. The van der Waals surface area contributed by atoms with Gasteiger partial charge in [0.05, 0.1) is 6.04 Å². The van der Waals surface area contributed by atoms with Crippen molar-refractivity contribution in [1.29, 1.82) is 0 Å². The number of rotatable bonds is 8. The molecule has 3 aromatic rings. The molecular weight excluding hydrogens is 454 g/mol. The van der Waals surface area contributed by atoms with Crippen LogP contribution in [0.4, 0.5) is 0 Å². The number of aryl methyl sites for hydroxylation is 2. The van der Waals surface area contributed by atoms with Gasteiger partial charge in [-0.15, -0.1) is 0 Å². The molecule has 37 heavy (non-hydrogen) atoms. The Kier molecular flexibility index (Phi) is 7.71. The lowest BCUT2D eigenvalue weighted by atomic mass is 9.70. The molecule has 5 rings (SSSR count). The molecule has 0 aliphatic heterocycles. The van der Waals surface area contributed by atoms with Crippen molar-refractivity contribution in [2.24, 2.45) is 23.5 Å². The number of Topliss-reactive ketones (excluding diaryl/α,β-unsaturated/α-hetero) is 2. The van der Waals surface area contributed by atoms with Gasteiger partial charge in [0, 0.05) is 24.2 Å². The minimum absolute atomic E-state index is 0.0209. The fraction of sp³-hybridized carbons (Fsp3) is 0.412. The third-order valence-corrected chi connectivity index (χ3v) is 8.81. The Morgan fingerprint density at radius 1 is 0.730 bits per heavy atom. The number of ketones is 2. The van der Waals surface area contributed by atoms with Gasteiger partial charge >= 0.3 is 0 Å². The van der Waals surface area contributed by atoms with E-state index < -0.39 is 6.04 Å². The van der Waals surface area contributed by atoms with Crippen molar-refractivity contribution in [3.05, 3.63) is 106 Å². The van der Waals surface area contributed by atoms with Crippen molar-refractivity contribution >= 4 is 11.6 Å². The van der Waals surface area contributed by atoms with Crippen molar-refractivity contribution < 1.29 is 9.59 Å². The molecule has 0 heterocycles. The van der Waals surface area contributed by atoms with Crippen LogP contribution in [0, 0.1) is 31.6 Å². The maximum Gasteiger partial charge on any atom is 0.153 e. The first kappa shape index (κ1) is 25.6. The molecular formula is C34H39NO2. The van der Waals surface area contributed by atoms with Gasteiger partial charge in [-0.3, -0.25) is 9.59 Å². The lowest BCUT2D eigenvalue weighted by molar-refractivity contribution is -0.129. The molecule has 1 saturated carbocycles. The molecule has 0 amide bonds. The van der Waals surface area contributed by atoms with Crippen LogP contribution in [0.5, 0.6) is 0 Å². The van der Waals surface area contributed by atoms with Crippen LogP contribution in [-0.2, 0) is 22.4 Å². The zero-order valence-corrected chi connectivity index (χ0v) is 22.2. The molecule has 0 radical (unpaired) electrons. The second kappa shape index (κ2) is 11.1. The number of benzene rings is 3. The van der Waals surface area contributed by atoms with Crippen LogP contribution in [0.3, 0.4) is 0 Å². The van der Waals surface area contributed by atoms with E-state index in [0.29, 0.717) is 11.8 Å². The number of nitrogens with two attached hydrogens (primary N) is 1. The standard InChI is InChI=1S/C34H39NO2/c1-22-7-11-25(12-8-22)33(26-13-9-23(2)10-14-26)27-17-15-24(16-18-27)32(36)21-31(35)34(37)30-19-28-5-3-4-6-29(28)20-30/h3-14,24,27,30-31,33H,15-21,35H2,1-2H3/t24?,27?,31-/m0/s1. The van der Waals surface area contributed by atoms with E-state index in [1.807, 2.05) is 12.1 Å². The summed E-state index contributed by atoms with van der Waals surface area (Å²) in [6.45, 7) is 4.25. The predicted octanol–water partition coefficient (Wildman–Crippen LogP) is 6.51. The first-order chi connectivity index (χ1) is 17.9. The number of hydrogen-bond donors (Lipinski definition) is 1. The highest BCUT2D eigenvalue weighted by Gasteiger charge is 2.35. The van der Waals surface area contributed by atoms with Gasteiger partial charge in [-0.1, -0.05) is 83.9 Å². The van der Waals surface area contributed by atoms with Gasteiger partial charge in [0.2, 0.25) is 0 Å². The van der Waals surface area contributed by atoms with Crippen molar-refractivity contribution in [2.45, 2.75) is 70.8 Å². The van der Waals surface area contributed by atoms with Crippen molar-refractivity contribution in [3.8, 4) is 0 Å². The average Bonchev–Trinajstić information content (AvgIpc) is 3.35. The van der Waals surface area contributed by atoms with Crippen LogP contribution in [-0.4, -0.2) is 17.6 Å². The zero-order valence-electron chi connectivity index (χ0n) is 22.2. The Labute approximate surface area is 221 Å². The first-order valence-electron chi connectivity index (χ1n) is 13.9. The summed E-state index contributed by atoms with van der Waals surface area (Å²) in [7, 11) is 0. The summed E-state index contributed by atoms with van der Waals surface area (Å²) in [5, 5.41) is 0. The lowest BCUT2D eigenvalue weighted by Crippen LogP contribution is -2.39. The third kappa shape index (κ3) is 5.78. The molecule has 2 aliphatic rings. The number of hydrogen-bond acceptors (Lipinski definition) is 3. The summed E-state index contributed by atoms with van der Waals surface area (Å²) in [5.41, 5.74) is 14.1. The zero-order chi connectivity index (χ0) is 25.9. The van der Waals surface area contributed by atoms with E-state index >= 15 is 0 Å². The molecule has 1 atom stereocenters. The molecule has 2 N–H and O–H groups in total. The predicted molar refractivity (Wildman–Crippen MR) is 150 cm³/mol. The second-order valence-corrected chi connectivity index (χ2v) is 11.5. The number of carbonyl (C=O) groups is 2. The fourth-order valence-corrected chi connectivity index (χ4v) is 6.61. The van der Waals surface area contributed by atoms with Gasteiger partial charge < -0.3 is 5.73 Å². The minimum Gasteiger partial charge on any atom is -0.321 e. The molecule has 0 aromatic heterocycles. The third-order valence-electron chi connectivity index (χ3n) is 8.81. The Morgan fingerprint density at radius 3 is 1.70 bits per heavy atom. The van der Waals surface area contributed by atoms with Gasteiger partial charge in [-0.2, -0.15) is 0 Å². The number of carbonyl (C=O) groups excluding carboxylic acids is 2. The maximum absolute atomic E-state index is 13.2. The van der Waals surface area contributed by atoms with E-state index in [9.17, 15) is 9.59 Å². The van der Waals surface area contributed by atoms with Crippen LogP contribution in [0.25, 0.3) is 0 Å². The molecule has 0 unspecified atom stereocenters. The van der Waals surface area contributed by atoms with Crippen LogP contribution in [0.1, 0.15) is 71.4 Å². The molecule has 3 nitrogen and oxygen atoms in total. The Bertz CT molecular complexity index is 1170. The van der Waals surface area contributed by atoms with Crippen LogP contribution < -0.4 is 5.73 Å².